The average Bonchev–Trinajstić information content (AvgIpc) is 3.09. The van der Waals surface area contributed by atoms with Gasteiger partial charge in [-0.15, -0.1) is 0 Å². The Hall–Kier alpha value is -2.74. The Labute approximate surface area is 153 Å². The van der Waals surface area contributed by atoms with E-state index < -0.39 is 12.0 Å². The van der Waals surface area contributed by atoms with Crippen LogP contribution in [0.25, 0.3) is 0 Å². The van der Waals surface area contributed by atoms with Gasteiger partial charge >= 0.3 is 5.97 Å². The lowest BCUT2D eigenvalue weighted by atomic mass is 10.0. The van der Waals surface area contributed by atoms with Crippen molar-refractivity contribution in [3.05, 3.63) is 40.4 Å². The topological polar surface area (TPSA) is 105 Å². The first-order valence-corrected chi connectivity index (χ1v) is 8.55. The normalized spacial score (nSPS) is 18.3. The van der Waals surface area contributed by atoms with Crippen LogP contribution in [0.3, 0.4) is 0 Å². The summed E-state index contributed by atoms with van der Waals surface area (Å²) >= 11 is 6.27. The Kier molecular flexibility index (Phi) is 4.20. The third kappa shape index (κ3) is 2.86. The highest BCUT2D eigenvalue weighted by atomic mass is 35.5. The second-order valence-electron chi connectivity index (χ2n) is 6.11. The molecule has 2 aromatic rings. The number of carboxylic acids is 1. The van der Waals surface area contributed by atoms with Gasteiger partial charge in [-0.2, -0.15) is 0 Å². The van der Waals surface area contributed by atoms with E-state index in [2.05, 4.69) is 9.97 Å². The Balaban J connectivity index is 1.59. The van der Waals surface area contributed by atoms with E-state index in [-0.39, 0.29) is 12.3 Å². The second kappa shape index (κ2) is 6.53. The molecule has 1 aromatic heterocycles. The zero-order valence-corrected chi connectivity index (χ0v) is 14.5. The molecule has 2 N–H and O–H groups in total. The highest BCUT2D eigenvalue weighted by Gasteiger charge is 2.38. The van der Waals surface area contributed by atoms with Crippen molar-refractivity contribution < 1.29 is 24.2 Å². The molecule has 0 fully saturated rings. The number of carbonyl (C=O) groups is 2. The summed E-state index contributed by atoms with van der Waals surface area (Å²) in [7, 11) is 0. The summed E-state index contributed by atoms with van der Waals surface area (Å²) in [5.74, 6) is -0.365. The van der Waals surface area contributed by atoms with Gasteiger partial charge in [-0.05, 0) is 11.6 Å². The van der Waals surface area contributed by atoms with Gasteiger partial charge in [-0.1, -0.05) is 11.6 Å². The standard InChI is InChI=1S/C17H16ClN3O5/c18-10-7-13-12(25-3-4-26-13)5-9(10)6-14(22)21-2-1-11-15(20-8-19-11)16(21)17(23)24/h5,7-8,16H,1-4,6H2,(H,19,20)(H,23,24). The molecule has 2 aliphatic rings. The number of benzene rings is 1. The zero-order chi connectivity index (χ0) is 18.3. The maximum absolute atomic E-state index is 12.8. The van der Waals surface area contributed by atoms with E-state index in [1.54, 1.807) is 12.1 Å². The fourth-order valence-corrected chi connectivity index (χ4v) is 3.52. The maximum atomic E-state index is 12.8. The van der Waals surface area contributed by atoms with E-state index in [9.17, 15) is 14.7 Å². The Morgan fingerprint density at radius 3 is 2.77 bits per heavy atom. The molecule has 0 radical (unpaired) electrons. The van der Waals surface area contributed by atoms with Crippen molar-refractivity contribution in [2.75, 3.05) is 19.8 Å². The summed E-state index contributed by atoms with van der Waals surface area (Å²) in [6.07, 6.45) is 1.95. The number of rotatable bonds is 3. The highest BCUT2D eigenvalue weighted by Crippen LogP contribution is 2.36. The minimum Gasteiger partial charge on any atom is -0.486 e. The molecule has 1 aromatic carbocycles. The number of ether oxygens (including phenoxy) is 2. The molecule has 4 rings (SSSR count). The van der Waals surface area contributed by atoms with Crippen molar-refractivity contribution in [2.45, 2.75) is 18.9 Å². The molecule has 1 atom stereocenters. The third-order valence-electron chi connectivity index (χ3n) is 4.53. The van der Waals surface area contributed by atoms with Gasteiger partial charge < -0.3 is 24.5 Å². The molecule has 9 heteroatoms. The van der Waals surface area contributed by atoms with E-state index in [1.807, 2.05) is 0 Å². The van der Waals surface area contributed by atoms with Crippen molar-refractivity contribution >= 4 is 23.5 Å². The van der Waals surface area contributed by atoms with Gasteiger partial charge in [0.15, 0.2) is 17.5 Å². The fraction of sp³-hybridized carbons (Fsp3) is 0.353. The second-order valence-corrected chi connectivity index (χ2v) is 6.52. The number of imidazole rings is 1. The van der Waals surface area contributed by atoms with Crippen LogP contribution in [0, 0.1) is 0 Å². The predicted octanol–water partition coefficient (Wildman–Crippen LogP) is 1.59. The summed E-state index contributed by atoms with van der Waals surface area (Å²) in [6.45, 7) is 1.17. The monoisotopic (exact) mass is 377 g/mol. The van der Waals surface area contributed by atoms with Crippen molar-refractivity contribution in [1.82, 2.24) is 14.9 Å². The first-order chi connectivity index (χ1) is 12.5. The van der Waals surface area contributed by atoms with Gasteiger partial charge in [-0.25, -0.2) is 9.78 Å². The minimum absolute atomic E-state index is 0.0288. The summed E-state index contributed by atoms with van der Waals surface area (Å²) < 4.78 is 11.0. The molecule has 1 unspecified atom stereocenters. The largest absolute Gasteiger partial charge is 0.486 e. The number of aromatic amines is 1. The lowest BCUT2D eigenvalue weighted by Gasteiger charge is -2.32. The van der Waals surface area contributed by atoms with Crippen LogP contribution in [0.2, 0.25) is 5.02 Å². The van der Waals surface area contributed by atoms with Gasteiger partial charge in [0.1, 0.15) is 13.2 Å². The number of nitrogens with one attached hydrogen (secondary N) is 1. The van der Waals surface area contributed by atoms with Crippen LogP contribution in [-0.4, -0.2) is 51.6 Å². The number of aliphatic carboxylic acids is 1. The van der Waals surface area contributed by atoms with Crippen LogP contribution in [0.5, 0.6) is 11.5 Å². The third-order valence-corrected chi connectivity index (χ3v) is 4.88. The molecule has 2 aliphatic heterocycles. The summed E-state index contributed by atoms with van der Waals surface area (Å²) in [5.41, 5.74) is 1.70. The van der Waals surface area contributed by atoms with Gasteiger partial charge in [-0.3, -0.25) is 4.79 Å². The molecule has 8 nitrogen and oxygen atoms in total. The Morgan fingerprint density at radius 2 is 2.04 bits per heavy atom. The van der Waals surface area contributed by atoms with E-state index >= 15 is 0 Å². The number of carboxylic acid groups (broad SMARTS) is 1. The molecule has 26 heavy (non-hydrogen) atoms. The fourth-order valence-electron chi connectivity index (χ4n) is 3.30. The van der Waals surface area contributed by atoms with Crippen molar-refractivity contribution in [1.29, 1.82) is 0 Å². The van der Waals surface area contributed by atoms with Crippen LogP contribution in [0.1, 0.15) is 23.0 Å². The number of carbonyl (C=O) groups excluding carboxylic acids is 1. The molecule has 0 saturated heterocycles. The highest BCUT2D eigenvalue weighted by molar-refractivity contribution is 6.31. The number of amides is 1. The number of aromatic nitrogens is 2. The van der Waals surface area contributed by atoms with Crippen molar-refractivity contribution in [3.8, 4) is 11.5 Å². The molecule has 0 bridgehead atoms. The molecule has 0 spiro atoms. The van der Waals surface area contributed by atoms with E-state index in [0.717, 1.165) is 5.69 Å². The lowest BCUT2D eigenvalue weighted by molar-refractivity contribution is -0.151. The smallest absolute Gasteiger partial charge is 0.332 e. The van der Waals surface area contributed by atoms with Crippen LogP contribution in [0.4, 0.5) is 0 Å². The quantitative estimate of drug-likeness (QED) is 0.841. The summed E-state index contributed by atoms with van der Waals surface area (Å²) in [6, 6.07) is 2.19. The van der Waals surface area contributed by atoms with Gasteiger partial charge in [0.25, 0.3) is 0 Å². The van der Waals surface area contributed by atoms with Gasteiger partial charge in [0.2, 0.25) is 5.91 Å². The van der Waals surface area contributed by atoms with Crippen LogP contribution >= 0.6 is 11.6 Å². The first kappa shape index (κ1) is 16.7. The van der Waals surface area contributed by atoms with Gasteiger partial charge in [0, 0.05) is 29.7 Å². The molecule has 3 heterocycles. The number of nitrogens with zero attached hydrogens (tertiary/aromatic N) is 2. The first-order valence-electron chi connectivity index (χ1n) is 8.17. The Bertz CT molecular complexity index is 881. The van der Waals surface area contributed by atoms with E-state index in [4.69, 9.17) is 21.1 Å². The number of fused-ring (bicyclic) bond motifs is 2. The molecular weight excluding hydrogens is 362 g/mol. The predicted molar refractivity (Wildman–Crippen MR) is 90.5 cm³/mol. The minimum atomic E-state index is -1.11. The number of halogens is 1. The van der Waals surface area contributed by atoms with Crippen LogP contribution < -0.4 is 9.47 Å². The Morgan fingerprint density at radius 1 is 1.31 bits per heavy atom. The molecular formula is C17H16ClN3O5. The summed E-state index contributed by atoms with van der Waals surface area (Å²) in [5, 5.41) is 9.97. The lowest BCUT2D eigenvalue weighted by Crippen LogP contribution is -2.44. The van der Waals surface area contributed by atoms with E-state index in [1.165, 1.54) is 11.2 Å². The molecule has 0 aliphatic carbocycles. The zero-order valence-electron chi connectivity index (χ0n) is 13.7. The number of H-pyrrole nitrogens is 1. The van der Waals surface area contributed by atoms with Crippen LogP contribution in [0.15, 0.2) is 18.5 Å². The SMILES string of the molecule is O=C(O)C1c2nc[nH]c2CCN1C(=O)Cc1cc2c(cc1Cl)OCCO2. The molecule has 136 valence electrons. The molecule has 0 saturated carbocycles. The van der Waals surface area contributed by atoms with Gasteiger partial charge in [0.05, 0.1) is 18.4 Å². The number of hydrogen-bond acceptors (Lipinski definition) is 5. The maximum Gasteiger partial charge on any atom is 0.332 e. The number of hydrogen-bond donors (Lipinski definition) is 2. The molecule has 1 amide bonds. The average molecular weight is 378 g/mol. The van der Waals surface area contributed by atoms with Crippen molar-refractivity contribution in [2.24, 2.45) is 0 Å². The summed E-state index contributed by atoms with van der Waals surface area (Å²) in [4.78, 5) is 32.9. The van der Waals surface area contributed by atoms with E-state index in [0.29, 0.717) is 54.0 Å². The van der Waals surface area contributed by atoms with Crippen molar-refractivity contribution in [3.63, 3.8) is 0 Å². The van der Waals surface area contributed by atoms with Crippen LogP contribution in [-0.2, 0) is 22.4 Å².